The van der Waals surface area contributed by atoms with Gasteiger partial charge >= 0.3 is 0 Å². The Labute approximate surface area is 128 Å². The van der Waals surface area contributed by atoms with Crippen molar-refractivity contribution in [3.8, 4) is 5.75 Å². The first-order chi connectivity index (χ1) is 8.83. The number of ether oxygens (including phenoxy) is 1. The van der Waals surface area contributed by atoms with Crippen molar-refractivity contribution < 1.29 is 9.84 Å². The molecule has 1 rings (SSSR count). The molecule has 0 aromatic heterocycles. The molecule has 2 atom stereocenters. The van der Waals surface area contributed by atoms with Crippen LogP contribution in [0.2, 0.25) is 0 Å². The van der Waals surface area contributed by atoms with Crippen LogP contribution in [-0.2, 0) is 0 Å². The topological polar surface area (TPSA) is 55.5 Å². The maximum atomic E-state index is 10.0. The lowest BCUT2D eigenvalue weighted by molar-refractivity contribution is 0.128. The first kappa shape index (κ1) is 19.2. The van der Waals surface area contributed by atoms with Crippen molar-refractivity contribution in [2.45, 2.75) is 64.7 Å². The van der Waals surface area contributed by atoms with E-state index in [1.807, 2.05) is 45.0 Å². The molecule has 0 saturated heterocycles. The second-order valence-corrected chi connectivity index (χ2v) is 6.02. The van der Waals surface area contributed by atoms with Gasteiger partial charge in [-0.3, -0.25) is 0 Å². The van der Waals surface area contributed by atoms with Crippen LogP contribution in [0.15, 0.2) is 24.3 Å². The van der Waals surface area contributed by atoms with Gasteiger partial charge in [0.15, 0.2) is 0 Å². The molecule has 0 aliphatic rings. The molecule has 0 radical (unpaired) electrons. The predicted octanol–water partition coefficient (Wildman–Crippen LogP) is 3.84. The van der Waals surface area contributed by atoms with Gasteiger partial charge in [0.05, 0.1) is 12.1 Å². The Morgan fingerprint density at radius 2 is 1.75 bits per heavy atom. The first-order valence-electron chi connectivity index (χ1n) is 7.06. The van der Waals surface area contributed by atoms with E-state index < -0.39 is 6.10 Å². The largest absolute Gasteiger partial charge is 0.488 e. The minimum absolute atomic E-state index is 0. The van der Waals surface area contributed by atoms with Gasteiger partial charge in [-0.15, -0.1) is 12.4 Å². The number of rotatable bonds is 6. The summed E-state index contributed by atoms with van der Waals surface area (Å²) in [5.74, 6) is 0.825. The summed E-state index contributed by atoms with van der Waals surface area (Å²) >= 11 is 0. The molecule has 20 heavy (non-hydrogen) atoms. The van der Waals surface area contributed by atoms with Crippen LogP contribution >= 0.6 is 12.4 Å². The number of aliphatic hydroxyl groups is 1. The SMILES string of the molecule is CCCC[C@@H](O)[C@@H](N)c1ccc(OC(C)(C)C)cc1.Cl. The van der Waals surface area contributed by atoms with Gasteiger partial charge in [-0.05, 0) is 44.9 Å². The summed E-state index contributed by atoms with van der Waals surface area (Å²) in [6, 6.07) is 7.36. The highest BCUT2D eigenvalue weighted by Crippen LogP contribution is 2.23. The Kier molecular flexibility index (Phi) is 8.17. The predicted molar refractivity (Wildman–Crippen MR) is 86.5 cm³/mol. The molecule has 0 saturated carbocycles. The van der Waals surface area contributed by atoms with Crippen LogP contribution in [0, 0.1) is 0 Å². The van der Waals surface area contributed by atoms with E-state index >= 15 is 0 Å². The molecule has 1 aromatic carbocycles. The van der Waals surface area contributed by atoms with Crippen molar-refractivity contribution in [2.24, 2.45) is 5.73 Å². The molecule has 3 nitrogen and oxygen atoms in total. The number of halogens is 1. The van der Waals surface area contributed by atoms with Crippen LogP contribution in [-0.4, -0.2) is 16.8 Å². The van der Waals surface area contributed by atoms with Crippen molar-refractivity contribution in [3.63, 3.8) is 0 Å². The Morgan fingerprint density at radius 3 is 2.20 bits per heavy atom. The second-order valence-electron chi connectivity index (χ2n) is 6.02. The van der Waals surface area contributed by atoms with Gasteiger partial charge in [-0.1, -0.05) is 31.9 Å². The van der Waals surface area contributed by atoms with Gasteiger partial charge in [0.25, 0.3) is 0 Å². The zero-order valence-corrected chi connectivity index (χ0v) is 13.7. The van der Waals surface area contributed by atoms with Gasteiger partial charge in [-0.25, -0.2) is 0 Å². The van der Waals surface area contributed by atoms with E-state index in [0.717, 1.165) is 30.6 Å². The zero-order valence-electron chi connectivity index (χ0n) is 12.9. The van der Waals surface area contributed by atoms with Gasteiger partial charge in [0, 0.05) is 0 Å². The normalized spacial score (nSPS) is 14.3. The van der Waals surface area contributed by atoms with E-state index in [2.05, 4.69) is 6.92 Å². The van der Waals surface area contributed by atoms with Crippen molar-refractivity contribution in [3.05, 3.63) is 29.8 Å². The highest BCUT2D eigenvalue weighted by molar-refractivity contribution is 5.85. The Morgan fingerprint density at radius 1 is 1.20 bits per heavy atom. The lowest BCUT2D eigenvalue weighted by atomic mass is 9.98. The summed E-state index contributed by atoms with van der Waals surface area (Å²) < 4.78 is 5.76. The fraction of sp³-hybridized carbons (Fsp3) is 0.625. The van der Waals surface area contributed by atoms with E-state index in [0.29, 0.717) is 0 Å². The molecular formula is C16H28ClNO2. The molecule has 1 aromatic rings. The molecule has 0 spiro atoms. The minimum Gasteiger partial charge on any atom is -0.488 e. The number of nitrogens with two attached hydrogens (primary N) is 1. The van der Waals surface area contributed by atoms with E-state index in [9.17, 15) is 5.11 Å². The quantitative estimate of drug-likeness (QED) is 0.839. The van der Waals surface area contributed by atoms with Crippen molar-refractivity contribution in [1.82, 2.24) is 0 Å². The smallest absolute Gasteiger partial charge is 0.120 e. The van der Waals surface area contributed by atoms with E-state index in [-0.39, 0.29) is 24.0 Å². The number of hydrogen-bond acceptors (Lipinski definition) is 3. The van der Waals surface area contributed by atoms with Crippen LogP contribution in [0.4, 0.5) is 0 Å². The summed E-state index contributed by atoms with van der Waals surface area (Å²) in [4.78, 5) is 0. The third-order valence-corrected chi connectivity index (χ3v) is 2.96. The third kappa shape index (κ3) is 6.60. The molecule has 0 aliphatic heterocycles. The lowest BCUT2D eigenvalue weighted by Crippen LogP contribution is -2.26. The van der Waals surface area contributed by atoms with Crippen LogP contribution in [0.5, 0.6) is 5.75 Å². The van der Waals surface area contributed by atoms with Crippen molar-refractivity contribution >= 4 is 12.4 Å². The molecule has 3 N–H and O–H groups in total. The molecule has 0 aliphatic carbocycles. The Hall–Kier alpha value is -0.770. The summed E-state index contributed by atoms with van der Waals surface area (Å²) in [6.07, 6.45) is 2.34. The number of benzene rings is 1. The average Bonchev–Trinajstić information content (AvgIpc) is 2.34. The molecular weight excluding hydrogens is 274 g/mol. The molecule has 0 fully saturated rings. The summed E-state index contributed by atoms with van der Waals surface area (Å²) in [5.41, 5.74) is 6.81. The molecule has 4 heteroatoms. The fourth-order valence-corrected chi connectivity index (χ4v) is 1.93. The van der Waals surface area contributed by atoms with Crippen LogP contribution in [0.3, 0.4) is 0 Å². The summed E-state index contributed by atoms with van der Waals surface area (Å²) in [7, 11) is 0. The standard InChI is InChI=1S/C16H27NO2.ClH/c1-5-6-7-14(18)15(17)12-8-10-13(11-9-12)19-16(2,3)4;/h8-11,14-15,18H,5-7,17H2,1-4H3;1H/t14-,15+;/m1./s1. The second kappa shape index (κ2) is 8.50. The van der Waals surface area contributed by atoms with Crippen molar-refractivity contribution in [2.75, 3.05) is 0 Å². The highest BCUT2D eigenvalue weighted by atomic mass is 35.5. The van der Waals surface area contributed by atoms with E-state index in [4.69, 9.17) is 10.5 Å². The Balaban J connectivity index is 0.00000361. The number of hydrogen-bond donors (Lipinski definition) is 2. The summed E-state index contributed by atoms with van der Waals surface area (Å²) in [6.45, 7) is 8.15. The molecule has 0 heterocycles. The van der Waals surface area contributed by atoms with Crippen LogP contribution in [0.1, 0.15) is 58.6 Å². The first-order valence-corrected chi connectivity index (χ1v) is 7.06. The monoisotopic (exact) mass is 301 g/mol. The molecule has 0 unspecified atom stereocenters. The maximum Gasteiger partial charge on any atom is 0.120 e. The maximum absolute atomic E-state index is 10.0. The summed E-state index contributed by atoms with van der Waals surface area (Å²) in [5, 5.41) is 10.0. The molecule has 0 amide bonds. The van der Waals surface area contributed by atoms with E-state index in [1.165, 1.54) is 0 Å². The average molecular weight is 302 g/mol. The van der Waals surface area contributed by atoms with Gasteiger partial charge in [0.2, 0.25) is 0 Å². The fourth-order valence-electron chi connectivity index (χ4n) is 1.93. The number of aliphatic hydroxyl groups excluding tert-OH is 1. The van der Waals surface area contributed by atoms with Gasteiger partial charge in [0.1, 0.15) is 11.4 Å². The molecule has 0 bridgehead atoms. The van der Waals surface area contributed by atoms with Crippen molar-refractivity contribution in [1.29, 1.82) is 0 Å². The lowest BCUT2D eigenvalue weighted by Gasteiger charge is -2.22. The minimum atomic E-state index is -0.477. The highest BCUT2D eigenvalue weighted by Gasteiger charge is 2.17. The Bertz CT molecular complexity index is 373. The van der Waals surface area contributed by atoms with E-state index in [1.54, 1.807) is 0 Å². The van der Waals surface area contributed by atoms with Crippen LogP contribution < -0.4 is 10.5 Å². The molecule has 116 valence electrons. The van der Waals surface area contributed by atoms with Gasteiger partial charge < -0.3 is 15.6 Å². The van der Waals surface area contributed by atoms with Gasteiger partial charge in [-0.2, -0.15) is 0 Å². The zero-order chi connectivity index (χ0) is 14.5. The van der Waals surface area contributed by atoms with Crippen LogP contribution in [0.25, 0.3) is 0 Å². The number of unbranched alkanes of at least 4 members (excludes halogenated alkanes) is 1. The third-order valence-electron chi connectivity index (χ3n) is 2.96.